The second-order valence-corrected chi connectivity index (χ2v) is 6.16. The van der Waals surface area contributed by atoms with Crippen LogP contribution in [0.2, 0.25) is 20.1 Å². The standard InChI is InChI=1S/2C8H6Cl2O3.Pb/c2*9-5-1-2-7(6(10)3-5)13-4-8(11)12;/h2*1-3H,4H2,(H,11,12);/q;;+2/p-2. The van der Waals surface area contributed by atoms with Crippen LogP contribution in [0.1, 0.15) is 0 Å². The molecule has 0 aliphatic heterocycles. The van der Waals surface area contributed by atoms with E-state index in [1.165, 1.54) is 24.3 Å². The summed E-state index contributed by atoms with van der Waals surface area (Å²) < 4.78 is 9.60. The number of carboxylic acids is 2. The molecule has 2 aromatic rings. The molecule has 6 nitrogen and oxygen atoms in total. The van der Waals surface area contributed by atoms with Crippen LogP contribution in [0.3, 0.4) is 0 Å². The van der Waals surface area contributed by atoms with Gasteiger partial charge in [0.05, 0.1) is 22.0 Å². The smallest absolute Gasteiger partial charge is 0.546 e. The van der Waals surface area contributed by atoms with Gasteiger partial charge in [0.15, 0.2) is 0 Å². The van der Waals surface area contributed by atoms with Crippen LogP contribution in [0.4, 0.5) is 0 Å². The minimum Gasteiger partial charge on any atom is -0.546 e. The van der Waals surface area contributed by atoms with Gasteiger partial charge in [-0.2, -0.15) is 0 Å². The Bertz CT molecular complexity index is 722. The van der Waals surface area contributed by atoms with Crippen molar-refractivity contribution in [2.45, 2.75) is 0 Å². The number of benzene rings is 2. The normalized spacial score (nSPS) is 9.33. The third-order valence-electron chi connectivity index (χ3n) is 2.48. The maximum atomic E-state index is 10.0. The van der Waals surface area contributed by atoms with Crippen LogP contribution in [-0.4, -0.2) is 52.5 Å². The van der Waals surface area contributed by atoms with E-state index in [9.17, 15) is 19.8 Å². The van der Waals surface area contributed by atoms with Crippen molar-refractivity contribution in [3.63, 3.8) is 0 Å². The van der Waals surface area contributed by atoms with E-state index in [1.54, 1.807) is 12.1 Å². The average Bonchev–Trinajstić information content (AvgIpc) is 2.53. The van der Waals surface area contributed by atoms with Gasteiger partial charge >= 0.3 is 27.3 Å². The molecule has 0 spiro atoms. The Labute approximate surface area is 195 Å². The third-order valence-corrected chi connectivity index (χ3v) is 3.54. The predicted molar refractivity (Wildman–Crippen MR) is 99.7 cm³/mol. The molecule has 2 rings (SSSR count). The molecule has 0 atom stereocenters. The monoisotopic (exact) mass is 646 g/mol. The molecule has 0 heterocycles. The summed E-state index contributed by atoms with van der Waals surface area (Å²) >= 11 is 22.6. The number of carbonyl (C=O) groups excluding carboxylic acids is 2. The van der Waals surface area contributed by atoms with E-state index in [0.717, 1.165) is 0 Å². The summed E-state index contributed by atoms with van der Waals surface area (Å²) in [7, 11) is 0. The molecule has 142 valence electrons. The van der Waals surface area contributed by atoms with Crippen LogP contribution >= 0.6 is 46.4 Å². The Hall–Kier alpha value is -0.938. The van der Waals surface area contributed by atoms with Crippen molar-refractivity contribution in [1.82, 2.24) is 0 Å². The number of hydrogen-bond acceptors (Lipinski definition) is 6. The number of rotatable bonds is 6. The van der Waals surface area contributed by atoms with Crippen LogP contribution in [0.25, 0.3) is 0 Å². The maximum absolute atomic E-state index is 10.0. The topological polar surface area (TPSA) is 98.7 Å². The first-order valence-electron chi connectivity index (χ1n) is 6.74. The van der Waals surface area contributed by atoms with Crippen LogP contribution in [0.5, 0.6) is 11.5 Å². The fraction of sp³-hybridized carbons (Fsp3) is 0.125. The Morgan fingerprint density at radius 2 is 1.07 bits per heavy atom. The molecule has 2 aromatic carbocycles. The van der Waals surface area contributed by atoms with Crippen LogP contribution in [-0.2, 0) is 9.59 Å². The van der Waals surface area contributed by atoms with Gasteiger partial charge in [0.25, 0.3) is 0 Å². The van der Waals surface area contributed by atoms with Gasteiger partial charge in [-0.25, -0.2) is 0 Å². The molecule has 0 bridgehead atoms. The Morgan fingerprint density at radius 1 is 0.741 bits per heavy atom. The first-order chi connectivity index (χ1) is 12.2. The molecule has 0 unspecified atom stereocenters. The first kappa shape index (κ1) is 26.1. The summed E-state index contributed by atoms with van der Waals surface area (Å²) in [5.74, 6) is -2.05. The van der Waals surface area contributed by atoms with Gasteiger partial charge in [-0.05, 0) is 36.4 Å². The average molecular weight is 647 g/mol. The summed E-state index contributed by atoms with van der Waals surface area (Å²) in [5, 5.41) is 21.6. The van der Waals surface area contributed by atoms with Gasteiger partial charge in [0, 0.05) is 10.0 Å². The Kier molecular flexibility index (Phi) is 12.8. The van der Waals surface area contributed by atoms with E-state index in [1.807, 2.05) is 0 Å². The fourth-order valence-corrected chi connectivity index (χ4v) is 2.38. The van der Waals surface area contributed by atoms with E-state index in [-0.39, 0.29) is 48.8 Å². The van der Waals surface area contributed by atoms with E-state index < -0.39 is 25.2 Å². The largest absolute Gasteiger partial charge is 2.00 e. The minimum atomic E-state index is -1.30. The predicted octanol–water partition coefficient (Wildman–Crippen LogP) is 1.86. The number of aliphatic carboxylic acids is 2. The molecular weight excluding hydrogens is 637 g/mol. The number of carbonyl (C=O) groups is 2. The van der Waals surface area contributed by atoms with Gasteiger partial charge in [-0.15, -0.1) is 0 Å². The molecule has 0 N–H and O–H groups in total. The van der Waals surface area contributed by atoms with Crippen LogP contribution in [0, 0.1) is 0 Å². The summed E-state index contributed by atoms with van der Waals surface area (Å²) in [6.07, 6.45) is 0. The maximum Gasteiger partial charge on any atom is 2.00 e. The van der Waals surface area contributed by atoms with Crippen LogP contribution < -0.4 is 19.7 Å². The van der Waals surface area contributed by atoms with Gasteiger partial charge in [0.1, 0.15) is 24.7 Å². The van der Waals surface area contributed by atoms with E-state index in [2.05, 4.69) is 0 Å². The van der Waals surface area contributed by atoms with Gasteiger partial charge in [0.2, 0.25) is 0 Å². The second kappa shape index (κ2) is 13.3. The van der Waals surface area contributed by atoms with E-state index in [4.69, 9.17) is 55.9 Å². The summed E-state index contributed by atoms with van der Waals surface area (Å²) in [5.41, 5.74) is 0. The van der Waals surface area contributed by atoms with Crippen molar-refractivity contribution in [2.75, 3.05) is 13.2 Å². The van der Waals surface area contributed by atoms with Crippen molar-refractivity contribution in [1.29, 1.82) is 0 Å². The molecule has 0 amide bonds. The van der Waals surface area contributed by atoms with Gasteiger partial charge in [-0.3, -0.25) is 0 Å². The molecule has 27 heavy (non-hydrogen) atoms. The quantitative estimate of drug-likeness (QED) is 0.445. The summed E-state index contributed by atoms with van der Waals surface area (Å²) in [6, 6.07) is 9.03. The summed E-state index contributed by atoms with van der Waals surface area (Å²) in [4.78, 5) is 20.1. The molecule has 0 aliphatic carbocycles. The molecule has 0 saturated carbocycles. The number of carboxylic acid groups (broad SMARTS) is 2. The van der Waals surface area contributed by atoms with Crippen molar-refractivity contribution in [2.24, 2.45) is 0 Å². The molecular formula is C16H10Cl4O6Pb. The number of ether oxygens (including phenoxy) is 2. The molecule has 11 heteroatoms. The zero-order valence-corrected chi connectivity index (χ0v) is 20.3. The molecule has 0 fully saturated rings. The van der Waals surface area contributed by atoms with Crippen molar-refractivity contribution in [3.8, 4) is 11.5 Å². The summed E-state index contributed by atoms with van der Waals surface area (Å²) in [6.45, 7) is -1.05. The SMILES string of the molecule is O=C([O-])COc1ccc(Cl)cc1Cl.O=C([O-])COc1ccc(Cl)cc1Cl.[Pb+2]. The van der Waals surface area contributed by atoms with Gasteiger partial charge in [-0.1, -0.05) is 46.4 Å². The third kappa shape index (κ3) is 10.8. The molecule has 0 aromatic heterocycles. The van der Waals surface area contributed by atoms with E-state index in [0.29, 0.717) is 10.0 Å². The van der Waals surface area contributed by atoms with E-state index >= 15 is 0 Å². The van der Waals surface area contributed by atoms with Crippen molar-refractivity contribution < 1.29 is 29.3 Å². The molecule has 0 aliphatic rings. The zero-order valence-electron chi connectivity index (χ0n) is 13.3. The minimum absolute atomic E-state index is 0. The Morgan fingerprint density at radius 3 is 1.33 bits per heavy atom. The second-order valence-electron chi connectivity index (χ2n) is 4.47. The first-order valence-corrected chi connectivity index (χ1v) is 8.25. The number of halogens is 4. The van der Waals surface area contributed by atoms with Crippen LogP contribution in [0.15, 0.2) is 36.4 Å². The molecule has 0 saturated heterocycles. The fourth-order valence-electron chi connectivity index (χ4n) is 1.46. The Balaban J connectivity index is 0.000000483. The van der Waals surface area contributed by atoms with Gasteiger partial charge < -0.3 is 29.3 Å². The number of hydrogen-bond donors (Lipinski definition) is 0. The van der Waals surface area contributed by atoms with Crippen molar-refractivity contribution >= 4 is 85.6 Å². The zero-order chi connectivity index (χ0) is 19.7. The molecule has 2 radical (unpaired) electrons. The van der Waals surface area contributed by atoms with Crippen molar-refractivity contribution in [3.05, 3.63) is 56.5 Å².